The van der Waals surface area contributed by atoms with E-state index in [0.29, 0.717) is 5.71 Å². The largest absolute Gasteiger partial charge is 0.437 e. The predicted octanol–water partition coefficient (Wildman–Crippen LogP) is 6.00. The number of aryl methyl sites for hydroxylation is 3. The summed E-state index contributed by atoms with van der Waals surface area (Å²) in [6, 6.07) is 12.8. The molecule has 5 rings (SSSR count). The van der Waals surface area contributed by atoms with Gasteiger partial charge in [0.1, 0.15) is 7.05 Å². The third-order valence-corrected chi connectivity index (χ3v) is 6.16. The van der Waals surface area contributed by atoms with E-state index in [-0.39, 0.29) is 0 Å². The molecule has 0 atom stereocenters. The van der Waals surface area contributed by atoms with Crippen LogP contribution in [0, 0.1) is 6.92 Å². The van der Waals surface area contributed by atoms with Gasteiger partial charge in [-0.1, -0.05) is 31.9 Å². The van der Waals surface area contributed by atoms with Crippen molar-refractivity contribution >= 4 is 22.1 Å². The quantitative estimate of drug-likeness (QED) is 0.413. The van der Waals surface area contributed by atoms with E-state index in [1.165, 1.54) is 5.56 Å². The van der Waals surface area contributed by atoms with Crippen molar-refractivity contribution in [2.45, 2.75) is 51.8 Å². The van der Waals surface area contributed by atoms with Gasteiger partial charge in [-0.25, -0.2) is 9.55 Å². The van der Waals surface area contributed by atoms with Crippen molar-refractivity contribution in [3.8, 4) is 11.3 Å². The predicted molar refractivity (Wildman–Crippen MR) is 113 cm³/mol. The number of aromatic nitrogens is 2. The van der Waals surface area contributed by atoms with Crippen LogP contribution >= 0.6 is 0 Å². The monoisotopic (exact) mass is 372 g/mol. The fourth-order valence-corrected chi connectivity index (χ4v) is 4.50. The Hall–Kier alpha value is -2.68. The van der Waals surface area contributed by atoms with Gasteiger partial charge in [0, 0.05) is 30.0 Å². The Morgan fingerprint density at radius 1 is 1.14 bits per heavy atom. The Morgan fingerprint density at radius 2 is 1.93 bits per heavy atom. The highest BCUT2D eigenvalue weighted by atomic mass is 16.3. The van der Waals surface area contributed by atoms with E-state index in [1.807, 2.05) is 0 Å². The zero-order valence-electron chi connectivity index (χ0n) is 17.9. The van der Waals surface area contributed by atoms with Crippen LogP contribution in [0.25, 0.3) is 33.3 Å². The van der Waals surface area contributed by atoms with Gasteiger partial charge >= 0.3 is 0 Å². The molecule has 1 aliphatic carbocycles. The van der Waals surface area contributed by atoms with Gasteiger partial charge in [-0.05, 0) is 55.3 Å². The molecule has 1 fully saturated rings. The lowest BCUT2D eigenvalue weighted by atomic mass is 9.94. The number of benzene rings is 1. The third kappa shape index (κ3) is 2.72. The number of fused-ring (bicyclic) bond motifs is 3. The number of hydrogen-bond acceptors (Lipinski definition) is 2. The maximum absolute atomic E-state index is 8.96. The molecule has 3 heterocycles. The van der Waals surface area contributed by atoms with Crippen LogP contribution in [-0.4, -0.2) is 4.98 Å². The second-order valence-electron chi connectivity index (χ2n) is 7.97. The van der Waals surface area contributed by atoms with Crippen molar-refractivity contribution in [1.29, 1.82) is 0 Å². The van der Waals surface area contributed by atoms with E-state index in [4.69, 9.17) is 10.8 Å². The van der Waals surface area contributed by atoms with Crippen molar-refractivity contribution in [3.63, 3.8) is 0 Å². The number of nitrogens with zero attached hydrogens (tertiary/aromatic N) is 2. The van der Waals surface area contributed by atoms with E-state index >= 15 is 0 Å². The number of pyridine rings is 2. The summed E-state index contributed by atoms with van der Waals surface area (Å²) in [7, 11) is 2.07. The average Bonchev–Trinajstić information content (AvgIpc) is 3.32. The van der Waals surface area contributed by atoms with E-state index in [0.717, 1.165) is 71.0 Å². The van der Waals surface area contributed by atoms with Crippen LogP contribution in [-0.2, 0) is 13.5 Å². The molecule has 3 nitrogen and oxygen atoms in total. The summed E-state index contributed by atoms with van der Waals surface area (Å²) in [5, 5.41) is 2.16. The number of hydrogen-bond donors (Lipinski definition) is 0. The van der Waals surface area contributed by atoms with E-state index in [9.17, 15) is 0 Å². The summed E-state index contributed by atoms with van der Waals surface area (Å²) in [6.07, 6.45) is 7.15. The Labute approximate surface area is 167 Å². The van der Waals surface area contributed by atoms with Crippen LogP contribution in [0.3, 0.4) is 0 Å². The number of furan rings is 1. The van der Waals surface area contributed by atoms with Crippen LogP contribution in [0.2, 0.25) is 0 Å². The van der Waals surface area contributed by atoms with Gasteiger partial charge in [0.2, 0.25) is 11.4 Å². The van der Waals surface area contributed by atoms with Gasteiger partial charge < -0.3 is 4.42 Å². The summed E-state index contributed by atoms with van der Waals surface area (Å²) in [4.78, 5) is 4.71. The molecule has 28 heavy (non-hydrogen) atoms. The first-order valence-electron chi connectivity index (χ1n) is 10.8. The van der Waals surface area contributed by atoms with Gasteiger partial charge in [0.25, 0.3) is 0 Å². The lowest BCUT2D eigenvalue weighted by Crippen LogP contribution is -2.31. The fourth-order valence-electron chi connectivity index (χ4n) is 4.50. The topological polar surface area (TPSA) is 29.9 Å². The molecule has 0 N–H and O–H groups in total. The Morgan fingerprint density at radius 3 is 2.71 bits per heavy atom. The molecule has 0 bridgehead atoms. The summed E-state index contributed by atoms with van der Waals surface area (Å²) >= 11 is 0. The molecule has 3 aromatic heterocycles. The van der Waals surface area contributed by atoms with Crippen LogP contribution in [0.5, 0.6) is 0 Å². The molecule has 142 valence electrons. The summed E-state index contributed by atoms with van der Waals surface area (Å²) in [5.41, 5.74) is 7.12. The smallest absolute Gasteiger partial charge is 0.227 e. The highest BCUT2D eigenvalue weighted by molar-refractivity contribution is 6.08. The molecular weight excluding hydrogens is 344 g/mol. The number of rotatable bonds is 3. The minimum Gasteiger partial charge on any atom is -0.437 e. The van der Waals surface area contributed by atoms with E-state index < -0.39 is 5.89 Å². The van der Waals surface area contributed by atoms with Gasteiger partial charge in [-0.15, -0.1) is 0 Å². The van der Waals surface area contributed by atoms with E-state index in [2.05, 4.69) is 68.1 Å². The highest BCUT2D eigenvalue weighted by Gasteiger charge is 2.24. The van der Waals surface area contributed by atoms with Crippen molar-refractivity contribution in [2.75, 3.05) is 0 Å². The third-order valence-electron chi connectivity index (χ3n) is 6.16. The standard InChI is InChI=1S/C25H27N2O/c1-4-19-10-12-21-20-11-9-16(2)23(24(20)28-25(21)26-19)22-15-18(13-14-27(22)3)17-7-5-6-8-17/h9-15,17H,4-8H2,1-3H3/q+1/i17D. The Bertz CT molecular complexity index is 1230. The van der Waals surface area contributed by atoms with Gasteiger partial charge in [-0.3, -0.25) is 0 Å². The molecule has 3 heteroatoms. The van der Waals surface area contributed by atoms with Crippen LogP contribution in [0.4, 0.5) is 0 Å². The first-order chi connectivity index (χ1) is 14.0. The first kappa shape index (κ1) is 16.3. The zero-order chi connectivity index (χ0) is 20.2. The first-order valence-corrected chi connectivity index (χ1v) is 10.3. The molecular formula is C25H27N2O+. The molecule has 0 spiro atoms. The highest BCUT2D eigenvalue weighted by Crippen LogP contribution is 2.39. The lowest BCUT2D eigenvalue weighted by molar-refractivity contribution is -0.660. The van der Waals surface area contributed by atoms with Crippen molar-refractivity contribution in [1.82, 2.24) is 4.98 Å². The Balaban J connectivity index is 1.77. The summed E-state index contributed by atoms with van der Waals surface area (Å²) < 4.78 is 17.4. The van der Waals surface area contributed by atoms with Crippen LogP contribution < -0.4 is 4.57 Å². The molecule has 0 aliphatic heterocycles. The molecule has 0 amide bonds. The van der Waals surface area contributed by atoms with Crippen molar-refractivity contribution < 1.29 is 10.4 Å². The van der Waals surface area contributed by atoms with Gasteiger partial charge in [0.05, 0.1) is 5.56 Å². The van der Waals surface area contributed by atoms with E-state index in [1.54, 1.807) is 0 Å². The maximum atomic E-state index is 8.96. The average molecular weight is 373 g/mol. The van der Waals surface area contributed by atoms with Crippen LogP contribution in [0.1, 0.15) is 56.7 Å². The zero-order valence-corrected chi connectivity index (χ0v) is 16.9. The summed E-state index contributed by atoms with van der Waals surface area (Å²) in [5.74, 6) is -0.462. The SMILES string of the molecule is [2H]C1(c2cc[n+](C)c(-c3c(C)ccc4c3oc3nc(CC)ccc34)c2)CCCC1. The molecule has 4 aromatic rings. The molecule has 1 aromatic carbocycles. The molecule has 1 aliphatic rings. The summed E-state index contributed by atoms with van der Waals surface area (Å²) in [6.45, 7) is 4.24. The lowest BCUT2D eigenvalue weighted by Gasteiger charge is -2.11. The van der Waals surface area contributed by atoms with Crippen LogP contribution in [0.15, 0.2) is 47.0 Å². The minimum absolute atomic E-state index is 0.462. The van der Waals surface area contributed by atoms with Crippen molar-refractivity contribution in [2.24, 2.45) is 7.05 Å². The molecule has 0 unspecified atom stereocenters. The maximum Gasteiger partial charge on any atom is 0.227 e. The molecule has 1 saturated carbocycles. The van der Waals surface area contributed by atoms with Gasteiger partial charge in [-0.2, -0.15) is 0 Å². The second kappa shape index (κ2) is 6.73. The molecule has 0 radical (unpaired) electrons. The minimum atomic E-state index is -0.462. The Kier molecular flexibility index (Phi) is 3.92. The van der Waals surface area contributed by atoms with Crippen molar-refractivity contribution in [3.05, 3.63) is 59.4 Å². The fraction of sp³-hybridized carbons (Fsp3) is 0.360. The van der Waals surface area contributed by atoms with Gasteiger partial charge in [0.15, 0.2) is 11.8 Å². The normalized spacial score (nSPS) is 16.8. The second-order valence-corrected chi connectivity index (χ2v) is 7.97. The molecule has 0 saturated heterocycles.